The van der Waals surface area contributed by atoms with Crippen LogP contribution in [0.2, 0.25) is 0 Å². The molecule has 0 amide bonds. The Bertz CT molecular complexity index is 237. The molecule has 0 bridgehead atoms. The topological polar surface area (TPSA) is 52.6 Å². The first-order valence-electron chi connectivity index (χ1n) is 5.49. The van der Waals surface area contributed by atoms with Crippen molar-refractivity contribution in [2.75, 3.05) is 13.2 Å². The fourth-order valence-corrected chi connectivity index (χ4v) is 1.82. The van der Waals surface area contributed by atoms with Crippen molar-refractivity contribution in [2.45, 2.75) is 33.1 Å². The molecule has 0 saturated carbocycles. The molecule has 0 aromatic heterocycles. The number of carbonyl (C=O) groups is 2. The van der Waals surface area contributed by atoms with Gasteiger partial charge in [-0.3, -0.25) is 9.59 Å². The van der Waals surface area contributed by atoms with Gasteiger partial charge in [-0.2, -0.15) is 0 Å². The van der Waals surface area contributed by atoms with Gasteiger partial charge in [-0.1, -0.05) is 6.92 Å². The molecule has 1 aliphatic rings. The highest BCUT2D eigenvalue weighted by atomic mass is 16.5. The summed E-state index contributed by atoms with van der Waals surface area (Å²) in [5.74, 6) is -0.238. The minimum atomic E-state index is -0.199. The maximum atomic E-state index is 11.2. The Labute approximate surface area is 89.9 Å². The Morgan fingerprint density at radius 2 is 2.27 bits per heavy atom. The van der Waals surface area contributed by atoms with Crippen molar-refractivity contribution >= 4 is 11.9 Å². The van der Waals surface area contributed by atoms with Gasteiger partial charge < -0.3 is 9.47 Å². The molecule has 1 heterocycles. The van der Waals surface area contributed by atoms with E-state index in [1.54, 1.807) is 6.92 Å². The maximum absolute atomic E-state index is 11.2. The average molecular weight is 214 g/mol. The van der Waals surface area contributed by atoms with Gasteiger partial charge in [-0.15, -0.1) is 0 Å². The van der Waals surface area contributed by atoms with E-state index in [0.717, 1.165) is 12.8 Å². The largest absolute Gasteiger partial charge is 0.466 e. The van der Waals surface area contributed by atoms with Gasteiger partial charge >= 0.3 is 11.9 Å². The fraction of sp³-hybridized carbons (Fsp3) is 0.818. The van der Waals surface area contributed by atoms with E-state index in [0.29, 0.717) is 19.6 Å². The first kappa shape index (κ1) is 12.0. The molecule has 4 heteroatoms. The molecule has 0 aromatic rings. The molecule has 1 aliphatic heterocycles. The molecular formula is C11H18O4. The summed E-state index contributed by atoms with van der Waals surface area (Å²) < 4.78 is 9.89. The summed E-state index contributed by atoms with van der Waals surface area (Å²) in [7, 11) is 0. The van der Waals surface area contributed by atoms with Crippen LogP contribution in [0.1, 0.15) is 33.1 Å². The first-order valence-corrected chi connectivity index (χ1v) is 5.49. The lowest BCUT2D eigenvalue weighted by Gasteiger charge is -2.26. The summed E-state index contributed by atoms with van der Waals surface area (Å²) in [5, 5.41) is 0. The number of cyclic esters (lactones) is 1. The molecule has 1 fully saturated rings. The smallest absolute Gasteiger partial charge is 0.308 e. The van der Waals surface area contributed by atoms with E-state index in [2.05, 4.69) is 0 Å². The Kier molecular flexibility index (Phi) is 4.59. The van der Waals surface area contributed by atoms with E-state index in [9.17, 15) is 9.59 Å². The quantitative estimate of drug-likeness (QED) is 0.666. The minimum Gasteiger partial charge on any atom is -0.466 e. The molecule has 0 N–H and O–H groups in total. The predicted octanol–water partition coefficient (Wildman–Crippen LogP) is 1.53. The second-order valence-corrected chi connectivity index (χ2v) is 3.85. The fourth-order valence-electron chi connectivity index (χ4n) is 1.82. The lowest BCUT2D eigenvalue weighted by Crippen LogP contribution is -2.31. The Morgan fingerprint density at radius 1 is 1.53 bits per heavy atom. The van der Waals surface area contributed by atoms with Crippen LogP contribution < -0.4 is 0 Å². The number of hydrogen-bond acceptors (Lipinski definition) is 4. The van der Waals surface area contributed by atoms with Gasteiger partial charge in [-0.25, -0.2) is 0 Å². The van der Waals surface area contributed by atoms with Crippen molar-refractivity contribution in [3.05, 3.63) is 0 Å². The maximum Gasteiger partial charge on any atom is 0.308 e. The number of esters is 2. The van der Waals surface area contributed by atoms with E-state index in [4.69, 9.17) is 9.47 Å². The van der Waals surface area contributed by atoms with Crippen LogP contribution in [0.4, 0.5) is 0 Å². The van der Waals surface area contributed by atoms with Crippen molar-refractivity contribution in [1.82, 2.24) is 0 Å². The van der Waals surface area contributed by atoms with Crippen LogP contribution in [0.25, 0.3) is 0 Å². The summed E-state index contributed by atoms with van der Waals surface area (Å²) in [6.07, 6.45) is 1.88. The second-order valence-electron chi connectivity index (χ2n) is 3.85. The second kappa shape index (κ2) is 5.73. The third-order valence-corrected chi connectivity index (χ3v) is 2.67. The Balaban J connectivity index is 2.38. The lowest BCUT2D eigenvalue weighted by atomic mass is 9.89. The van der Waals surface area contributed by atoms with Crippen molar-refractivity contribution in [1.29, 1.82) is 0 Å². The molecule has 15 heavy (non-hydrogen) atoms. The zero-order valence-corrected chi connectivity index (χ0v) is 9.32. The monoisotopic (exact) mass is 214 g/mol. The molecule has 0 spiro atoms. The van der Waals surface area contributed by atoms with E-state index in [1.807, 2.05) is 6.92 Å². The standard InChI is InChI=1S/C11H18O4/c1-3-9-5-8(7-15-11(9)13)6-10(12)14-4-2/h8-9H,3-7H2,1-2H3/t8-,9-/m0/s1. The predicted molar refractivity (Wildman–Crippen MR) is 54.1 cm³/mol. The summed E-state index contributed by atoms with van der Waals surface area (Å²) in [4.78, 5) is 22.5. The number of carbonyl (C=O) groups excluding carboxylic acids is 2. The highest BCUT2D eigenvalue weighted by Crippen LogP contribution is 2.25. The van der Waals surface area contributed by atoms with Gasteiger partial charge in [0.15, 0.2) is 0 Å². The van der Waals surface area contributed by atoms with Gasteiger partial charge in [0.1, 0.15) is 0 Å². The average Bonchev–Trinajstić information content (AvgIpc) is 2.21. The van der Waals surface area contributed by atoms with Crippen molar-refractivity contribution in [3.63, 3.8) is 0 Å². The van der Waals surface area contributed by atoms with Gasteiger partial charge in [-0.05, 0) is 19.8 Å². The van der Waals surface area contributed by atoms with E-state index in [1.165, 1.54) is 0 Å². The van der Waals surface area contributed by atoms with Gasteiger partial charge in [0.25, 0.3) is 0 Å². The van der Waals surface area contributed by atoms with Gasteiger partial charge in [0, 0.05) is 5.92 Å². The summed E-state index contributed by atoms with van der Waals surface area (Å²) in [5.41, 5.74) is 0. The third kappa shape index (κ3) is 3.53. The summed E-state index contributed by atoms with van der Waals surface area (Å²) >= 11 is 0. The van der Waals surface area contributed by atoms with E-state index >= 15 is 0 Å². The Morgan fingerprint density at radius 3 is 2.87 bits per heavy atom. The summed E-state index contributed by atoms with van der Waals surface area (Å²) in [6, 6.07) is 0. The van der Waals surface area contributed by atoms with Crippen LogP contribution in [0.5, 0.6) is 0 Å². The Hall–Kier alpha value is -1.06. The number of ether oxygens (including phenoxy) is 2. The van der Waals surface area contributed by atoms with Gasteiger partial charge in [0.05, 0.1) is 25.6 Å². The van der Waals surface area contributed by atoms with Crippen LogP contribution in [0.15, 0.2) is 0 Å². The summed E-state index contributed by atoms with van der Waals surface area (Å²) in [6.45, 7) is 4.50. The van der Waals surface area contributed by atoms with Crippen LogP contribution in [0, 0.1) is 11.8 Å². The number of hydrogen-bond donors (Lipinski definition) is 0. The zero-order valence-electron chi connectivity index (χ0n) is 9.32. The third-order valence-electron chi connectivity index (χ3n) is 2.67. The molecule has 2 atom stereocenters. The molecule has 0 radical (unpaired) electrons. The highest BCUT2D eigenvalue weighted by molar-refractivity contribution is 5.74. The van der Waals surface area contributed by atoms with E-state index < -0.39 is 0 Å². The van der Waals surface area contributed by atoms with Crippen LogP contribution >= 0.6 is 0 Å². The minimum absolute atomic E-state index is 0.0434. The van der Waals surface area contributed by atoms with Crippen LogP contribution in [0.3, 0.4) is 0 Å². The molecule has 86 valence electrons. The normalized spacial score (nSPS) is 25.9. The van der Waals surface area contributed by atoms with Crippen molar-refractivity contribution in [3.8, 4) is 0 Å². The highest BCUT2D eigenvalue weighted by Gasteiger charge is 2.30. The molecule has 0 aromatic carbocycles. The molecule has 4 nitrogen and oxygen atoms in total. The van der Waals surface area contributed by atoms with Crippen molar-refractivity contribution in [2.24, 2.45) is 11.8 Å². The molecule has 1 saturated heterocycles. The van der Waals surface area contributed by atoms with Crippen LogP contribution in [-0.4, -0.2) is 25.2 Å². The van der Waals surface area contributed by atoms with Crippen molar-refractivity contribution < 1.29 is 19.1 Å². The molecule has 1 rings (SSSR count). The molecular weight excluding hydrogens is 196 g/mol. The van der Waals surface area contributed by atoms with E-state index in [-0.39, 0.29) is 23.8 Å². The molecule has 0 aliphatic carbocycles. The zero-order chi connectivity index (χ0) is 11.3. The molecule has 0 unspecified atom stereocenters. The SMILES string of the molecule is CCOC(=O)C[C@H]1COC(=O)[C@@H](CC)C1. The van der Waals surface area contributed by atoms with Gasteiger partial charge in [0.2, 0.25) is 0 Å². The first-order chi connectivity index (χ1) is 7.17. The lowest BCUT2D eigenvalue weighted by molar-refractivity contribution is -0.159. The van der Waals surface area contributed by atoms with Crippen LogP contribution in [-0.2, 0) is 19.1 Å². The number of rotatable bonds is 4.